The van der Waals surface area contributed by atoms with Crippen molar-refractivity contribution >= 4 is 16.7 Å². The molecule has 0 spiro atoms. The van der Waals surface area contributed by atoms with Gasteiger partial charge in [-0.25, -0.2) is 0 Å². The molecule has 1 atom stereocenters. The van der Waals surface area contributed by atoms with Crippen LogP contribution in [0, 0.1) is 5.92 Å². The lowest BCUT2D eigenvalue weighted by atomic mass is 10.1. The van der Waals surface area contributed by atoms with E-state index < -0.39 is 0 Å². The first-order valence-corrected chi connectivity index (χ1v) is 9.49. The van der Waals surface area contributed by atoms with Crippen molar-refractivity contribution in [3.05, 3.63) is 60.9 Å². The maximum atomic E-state index is 11.5. The molecule has 0 amide bonds. The molecule has 140 valence electrons. The molecule has 0 aliphatic heterocycles. The van der Waals surface area contributed by atoms with Gasteiger partial charge in [-0.15, -0.1) is 0 Å². The number of Topliss-reactive ketones (excluding diaryl/α,β-unsaturated/α-hetero) is 1. The van der Waals surface area contributed by atoms with Gasteiger partial charge in [0.05, 0.1) is 11.2 Å². The van der Waals surface area contributed by atoms with E-state index in [0.717, 1.165) is 46.6 Å². The zero-order valence-electron chi connectivity index (χ0n) is 15.3. The van der Waals surface area contributed by atoms with Gasteiger partial charge in [0.2, 0.25) is 0 Å². The number of rotatable bonds is 5. The number of nitrogens with zero attached hydrogens (tertiary/aromatic N) is 3. The lowest BCUT2D eigenvalue weighted by Crippen LogP contribution is -2.08. The molecule has 1 fully saturated rings. The minimum atomic E-state index is 0.371. The van der Waals surface area contributed by atoms with Gasteiger partial charge in [0.1, 0.15) is 17.3 Å². The molecular formula is C22H20N4O2. The van der Waals surface area contributed by atoms with Gasteiger partial charge < -0.3 is 4.74 Å². The summed E-state index contributed by atoms with van der Waals surface area (Å²) >= 11 is 0. The third-order valence-corrected chi connectivity index (χ3v) is 5.22. The predicted molar refractivity (Wildman–Crippen MR) is 106 cm³/mol. The molecule has 1 saturated carbocycles. The zero-order valence-corrected chi connectivity index (χ0v) is 15.3. The highest BCUT2D eigenvalue weighted by Crippen LogP contribution is 2.28. The fraction of sp³-hybridized carbons (Fsp3) is 0.227. The fourth-order valence-corrected chi connectivity index (χ4v) is 3.78. The van der Waals surface area contributed by atoms with E-state index in [0.29, 0.717) is 24.5 Å². The third-order valence-electron chi connectivity index (χ3n) is 5.22. The van der Waals surface area contributed by atoms with Crippen LogP contribution in [-0.4, -0.2) is 25.8 Å². The number of carbonyl (C=O) groups excluding carboxylic acids is 1. The van der Waals surface area contributed by atoms with Crippen LogP contribution in [0.5, 0.6) is 11.5 Å². The summed E-state index contributed by atoms with van der Waals surface area (Å²) in [7, 11) is 0. The standard InChI is InChI=1S/C22H20N4O2/c27-18-4-1-15(11-18)13-26-14-17-12-20(7-8-22(17)25-26)28-19-5-2-16(3-6-19)21-9-10-23-24-21/h2-3,5-10,12,14-15H,1,4,11,13H2,(H,23,24)/t15-/m1/s1. The van der Waals surface area contributed by atoms with Crippen molar-refractivity contribution in [1.29, 1.82) is 0 Å². The molecule has 1 aliphatic rings. The third kappa shape index (κ3) is 3.41. The Morgan fingerprint density at radius 1 is 1.11 bits per heavy atom. The quantitative estimate of drug-likeness (QED) is 0.556. The maximum Gasteiger partial charge on any atom is 0.133 e. The first-order valence-electron chi connectivity index (χ1n) is 9.49. The molecule has 4 aromatic rings. The number of hydrogen-bond acceptors (Lipinski definition) is 4. The number of nitrogens with one attached hydrogen (secondary N) is 1. The number of hydrogen-bond donors (Lipinski definition) is 1. The number of carbonyl (C=O) groups is 1. The van der Waals surface area contributed by atoms with Crippen LogP contribution in [-0.2, 0) is 11.3 Å². The average Bonchev–Trinajstić information content (AvgIpc) is 3.43. The number of aromatic nitrogens is 4. The molecule has 2 aromatic heterocycles. The second-order valence-electron chi connectivity index (χ2n) is 7.32. The molecule has 0 radical (unpaired) electrons. The van der Waals surface area contributed by atoms with Gasteiger partial charge in [-0.2, -0.15) is 10.2 Å². The van der Waals surface area contributed by atoms with Crippen LogP contribution in [0.15, 0.2) is 60.9 Å². The molecule has 0 unspecified atom stereocenters. The minimum absolute atomic E-state index is 0.371. The minimum Gasteiger partial charge on any atom is -0.457 e. The summed E-state index contributed by atoms with van der Waals surface area (Å²) in [5.74, 6) is 2.33. The van der Waals surface area contributed by atoms with Crippen LogP contribution in [0.2, 0.25) is 0 Å². The van der Waals surface area contributed by atoms with Crippen molar-refractivity contribution in [2.45, 2.75) is 25.8 Å². The summed E-state index contributed by atoms with van der Waals surface area (Å²) in [6.45, 7) is 0.797. The number of benzene rings is 2. The molecule has 2 heterocycles. The molecule has 0 bridgehead atoms. The Bertz CT molecular complexity index is 1110. The Kier molecular flexibility index (Phi) is 4.16. The second kappa shape index (κ2) is 6.96. The van der Waals surface area contributed by atoms with E-state index in [-0.39, 0.29) is 0 Å². The summed E-state index contributed by atoms with van der Waals surface area (Å²) in [5, 5.41) is 12.6. The number of fused-ring (bicyclic) bond motifs is 1. The molecule has 1 aliphatic carbocycles. The second-order valence-corrected chi connectivity index (χ2v) is 7.32. The first-order chi connectivity index (χ1) is 13.7. The molecular weight excluding hydrogens is 352 g/mol. The SMILES string of the molecule is O=C1CC[C@@H](Cn2cc3cc(Oc4ccc(-c5ccn[nH]5)cc4)ccc3n2)C1. The largest absolute Gasteiger partial charge is 0.457 e. The van der Waals surface area contributed by atoms with E-state index in [9.17, 15) is 4.79 Å². The Morgan fingerprint density at radius 3 is 2.71 bits per heavy atom. The van der Waals surface area contributed by atoms with Crippen molar-refractivity contribution in [1.82, 2.24) is 20.0 Å². The van der Waals surface area contributed by atoms with Crippen LogP contribution in [0.1, 0.15) is 19.3 Å². The molecule has 6 heteroatoms. The molecule has 0 saturated heterocycles. The highest BCUT2D eigenvalue weighted by molar-refractivity contribution is 5.81. The van der Waals surface area contributed by atoms with Crippen LogP contribution in [0.25, 0.3) is 22.2 Å². The summed E-state index contributed by atoms with van der Waals surface area (Å²) in [4.78, 5) is 11.5. The maximum absolute atomic E-state index is 11.5. The highest BCUT2D eigenvalue weighted by Gasteiger charge is 2.22. The van der Waals surface area contributed by atoms with E-state index in [1.54, 1.807) is 6.20 Å². The van der Waals surface area contributed by atoms with E-state index >= 15 is 0 Å². The Morgan fingerprint density at radius 2 is 1.96 bits per heavy atom. The van der Waals surface area contributed by atoms with Crippen molar-refractivity contribution in [2.24, 2.45) is 5.92 Å². The first kappa shape index (κ1) is 16.7. The predicted octanol–water partition coefficient (Wildman–Crippen LogP) is 4.59. The Hall–Kier alpha value is -3.41. The van der Waals surface area contributed by atoms with Crippen LogP contribution >= 0.6 is 0 Å². The monoisotopic (exact) mass is 372 g/mol. The zero-order chi connectivity index (χ0) is 18.9. The van der Waals surface area contributed by atoms with Crippen molar-refractivity contribution in [3.63, 3.8) is 0 Å². The van der Waals surface area contributed by atoms with Gasteiger partial charge >= 0.3 is 0 Å². The molecule has 5 rings (SSSR count). The average molecular weight is 372 g/mol. The van der Waals surface area contributed by atoms with Gasteiger partial charge in [0.15, 0.2) is 0 Å². The van der Waals surface area contributed by atoms with E-state index in [1.165, 1.54) is 0 Å². The smallest absolute Gasteiger partial charge is 0.133 e. The van der Waals surface area contributed by atoms with E-state index in [1.807, 2.05) is 59.4 Å². The Labute approximate surface area is 162 Å². The van der Waals surface area contributed by atoms with Crippen LogP contribution in [0.3, 0.4) is 0 Å². The van der Waals surface area contributed by atoms with Gasteiger partial charge in [0, 0.05) is 37.2 Å². The molecule has 1 N–H and O–H groups in total. The van der Waals surface area contributed by atoms with Crippen molar-refractivity contribution in [2.75, 3.05) is 0 Å². The molecule has 6 nitrogen and oxygen atoms in total. The normalized spacial score (nSPS) is 16.7. The lowest BCUT2D eigenvalue weighted by molar-refractivity contribution is -0.117. The molecule has 2 aromatic carbocycles. The number of ether oxygens (including phenoxy) is 1. The van der Waals surface area contributed by atoms with E-state index in [2.05, 4.69) is 15.3 Å². The van der Waals surface area contributed by atoms with Crippen molar-refractivity contribution < 1.29 is 9.53 Å². The van der Waals surface area contributed by atoms with Crippen LogP contribution < -0.4 is 4.74 Å². The number of H-pyrrole nitrogens is 1. The topological polar surface area (TPSA) is 72.8 Å². The Balaban J connectivity index is 1.31. The summed E-state index contributed by atoms with van der Waals surface area (Å²) in [6.07, 6.45) is 6.13. The summed E-state index contributed by atoms with van der Waals surface area (Å²) in [6, 6.07) is 15.7. The van der Waals surface area contributed by atoms with Crippen molar-refractivity contribution in [3.8, 4) is 22.8 Å². The van der Waals surface area contributed by atoms with Gasteiger partial charge in [-0.05, 0) is 66.4 Å². The fourth-order valence-electron chi connectivity index (χ4n) is 3.78. The number of aromatic amines is 1. The van der Waals surface area contributed by atoms with Gasteiger partial charge in [-0.3, -0.25) is 14.6 Å². The lowest BCUT2D eigenvalue weighted by Gasteiger charge is -2.06. The summed E-state index contributed by atoms with van der Waals surface area (Å²) in [5.41, 5.74) is 2.97. The van der Waals surface area contributed by atoms with Crippen LogP contribution in [0.4, 0.5) is 0 Å². The summed E-state index contributed by atoms with van der Waals surface area (Å²) < 4.78 is 7.96. The highest BCUT2D eigenvalue weighted by atomic mass is 16.5. The van der Waals surface area contributed by atoms with E-state index in [4.69, 9.17) is 4.74 Å². The van der Waals surface area contributed by atoms with Gasteiger partial charge in [0.25, 0.3) is 0 Å². The molecule has 28 heavy (non-hydrogen) atoms. The number of ketones is 1. The van der Waals surface area contributed by atoms with Gasteiger partial charge in [-0.1, -0.05) is 0 Å².